The largest absolute Gasteiger partial charge is 0.495 e. The number of rotatable bonds is 7. The maximum absolute atomic E-state index is 12.3. The number of amides is 1. The van der Waals surface area contributed by atoms with Gasteiger partial charge in [-0.2, -0.15) is 0 Å². The molecule has 0 heterocycles. The summed E-state index contributed by atoms with van der Waals surface area (Å²) in [6, 6.07) is 4.23. The number of nitrogens with one attached hydrogen (secondary N) is 2. The molecule has 1 amide bonds. The van der Waals surface area contributed by atoms with Crippen molar-refractivity contribution in [1.29, 1.82) is 0 Å². The Bertz CT molecular complexity index is 656. The summed E-state index contributed by atoms with van der Waals surface area (Å²) in [5.74, 6) is -0.728. The number of sulfonamides is 1. The Labute approximate surface area is 128 Å². The lowest BCUT2D eigenvalue weighted by molar-refractivity contribution is -0.140. The van der Waals surface area contributed by atoms with Crippen LogP contribution in [0.15, 0.2) is 23.1 Å². The standard InChI is InChI=1S/C13H18N2O6S/c1-9(16)15-10-4-5-11(20-2)12(8-10)22(18,19)14-7-6-13(17)21-3/h4-5,8,14H,6-7H2,1-3H3,(H,15,16). The van der Waals surface area contributed by atoms with Crippen molar-refractivity contribution in [2.24, 2.45) is 0 Å². The molecule has 0 unspecified atom stereocenters. The van der Waals surface area contributed by atoms with Gasteiger partial charge in [-0.05, 0) is 18.2 Å². The highest BCUT2D eigenvalue weighted by Crippen LogP contribution is 2.27. The van der Waals surface area contributed by atoms with Gasteiger partial charge in [-0.15, -0.1) is 0 Å². The number of methoxy groups -OCH3 is 2. The van der Waals surface area contributed by atoms with E-state index in [1.807, 2.05) is 0 Å². The molecule has 0 radical (unpaired) electrons. The van der Waals surface area contributed by atoms with Crippen LogP contribution in [0.4, 0.5) is 5.69 Å². The number of hydrogen-bond donors (Lipinski definition) is 2. The van der Waals surface area contributed by atoms with Crippen LogP contribution in [0.5, 0.6) is 5.75 Å². The fraction of sp³-hybridized carbons (Fsp3) is 0.385. The van der Waals surface area contributed by atoms with Crippen molar-refractivity contribution >= 4 is 27.6 Å². The van der Waals surface area contributed by atoms with Crippen LogP contribution in [-0.4, -0.2) is 41.1 Å². The average Bonchev–Trinajstić information content (AvgIpc) is 2.46. The summed E-state index contributed by atoms with van der Waals surface area (Å²) in [6.07, 6.45) is -0.0938. The quantitative estimate of drug-likeness (QED) is 0.704. The molecule has 0 saturated carbocycles. The van der Waals surface area contributed by atoms with Gasteiger partial charge >= 0.3 is 5.97 Å². The highest BCUT2D eigenvalue weighted by atomic mass is 32.2. The van der Waals surface area contributed by atoms with Gasteiger partial charge < -0.3 is 14.8 Å². The molecule has 8 nitrogen and oxygen atoms in total. The summed E-state index contributed by atoms with van der Waals surface area (Å²) < 4.78 is 36.3. The van der Waals surface area contributed by atoms with E-state index >= 15 is 0 Å². The van der Waals surface area contributed by atoms with E-state index in [4.69, 9.17) is 4.74 Å². The number of benzene rings is 1. The summed E-state index contributed by atoms with van der Waals surface area (Å²) in [5, 5.41) is 2.49. The minimum absolute atomic E-state index is 0.0938. The molecule has 0 spiro atoms. The van der Waals surface area contributed by atoms with Gasteiger partial charge in [0.25, 0.3) is 0 Å². The summed E-state index contributed by atoms with van der Waals surface area (Å²) in [5.41, 5.74) is 0.321. The molecule has 0 atom stereocenters. The molecular formula is C13H18N2O6S. The number of anilines is 1. The number of carbonyl (C=O) groups excluding carboxylic acids is 2. The molecule has 0 saturated heterocycles. The fourth-order valence-electron chi connectivity index (χ4n) is 1.63. The van der Waals surface area contributed by atoms with Crippen LogP contribution in [0.25, 0.3) is 0 Å². The minimum atomic E-state index is -3.90. The smallest absolute Gasteiger partial charge is 0.306 e. The molecule has 122 valence electrons. The summed E-state index contributed by atoms with van der Waals surface area (Å²) in [4.78, 5) is 21.9. The lowest BCUT2D eigenvalue weighted by atomic mass is 10.3. The second-order valence-corrected chi connectivity index (χ2v) is 6.01. The van der Waals surface area contributed by atoms with E-state index in [1.165, 1.54) is 39.3 Å². The Morgan fingerprint density at radius 1 is 1.23 bits per heavy atom. The number of hydrogen-bond acceptors (Lipinski definition) is 6. The van der Waals surface area contributed by atoms with Gasteiger partial charge in [0.15, 0.2) is 0 Å². The van der Waals surface area contributed by atoms with Gasteiger partial charge in [0.1, 0.15) is 10.6 Å². The zero-order chi connectivity index (χ0) is 16.8. The van der Waals surface area contributed by atoms with Crippen molar-refractivity contribution in [3.05, 3.63) is 18.2 Å². The molecule has 1 aromatic rings. The van der Waals surface area contributed by atoms with E-state index in [0.717, 1.165) is 0 Å². The molecule has 9 heteroatoms. The Balaban J connectivity index is 3.00. The zero-order valence-corrected chi connectivity index (χ0v) is 13.3. The van der Waals surface area contributed by atoms with Crippen LogP contribution in [0.1, 0.15) is 13.3 Å². The Morgan fingerprint density at radius 2 is 1.91 bits per heavy atom. The van der Waals surface area contributed by atoms with Crippen LogP contribution in [-0.2, 0) is 24.3 Å². The van der Waals surface area contributed by atoms with Crippen molar-refractivity contribution in [2.45, 2.75) is 18.2 Å². The van der Waals surface area contributed by atoms with E-state index < -0.39 is 16.0 Å². The highest BCUT2D eigenvalue weighted by Gasteiger charge is 2.20. The fourth-order valence-corrected chi connectivity index (χ4v) is 2.86. The summed E-state index contributed by atoms with van der Waals surface area (Å²) in [7, 11) is -1.35. The van der Waals surface area contributed by atoms with Gasteiger partial charge in [0.2, 0.25) is 15.9 Å². The van der Waals surface area contributed by atoms with E-state index in [9.17, 15) is 18.0 Å². The normalized spacial score (nSPS) is 10.9. The van der Waals surface area contributed by atoms with Crippen molar-refractivity contribution in [2.75, 3.05) is 26.1 Å². The average molecular weight is 330 g/mol. The van der Waals surface area contributed by atoms with Gasteiger partial charge in [0, 0.05) is 19.2 Å². The second-order valence-electron chi connectivity index (χ2n) is 4.27. The molecule has 0 aliphatic rings. The molecule has 1 aromatic carbocycles. The lowest BCUT2D eigenvalue weighted by Crippen LogP contribution is -2.27. The highest BCUT2D eigenvalue weighted by molar-refractivity contribution is 7.89. The third-order valence-corrected chi connectivity index (χ3v) is 4.10. The summed E-state index contributed by atoms with van der Waals surface area (Å²) >= 11 is 0. The van der Waals surface area contributed by atoms with E-state index in [1.54, 1.807) is 0 Å². The third kappa shape index (κ3) is 5.01. The Hall–Kier alpha value is -2.13. The molecule has 0 aromatic heterocycles. The first-order valence-corrected chi connectivity index (χ1v) is 7.80. The minimum Gasteiger partial charge on any atom is -0.495 e. The Kier molecular flexibility index (Phi) is 6.32. The van der Waals surface area contributed by atoms with Crippen LogP contribution < -0.4 is 14.8 Å². The molecular weight excluding hydrogens is 312 g/mol. The predicted molar refractivity (Wildman–Crippen MR) is 79.1 cm³/mol. The molecule has 2 N–H and O–H groups in total. The molecule has 0 bridgehead atoms. The first kappa shape index (κ1) is 17.9. The lowest BCUT2D eigenvalue weighted by Gasteiger charge is -2.12. The van der Waals surface area contributed by atoms with Crippen LogP contribution in [0, 0.1) is 0 Å². The molecule has 0 aliphatic carbocycles. The third-order valence-electron chi connectivity index (χ3n) is 2.62. The second kappa shape index (κ2) is 7.76. The Morgan fingerprint density at radius 3 is 2.45 bits per heavy atom. The SMILES string of the molecule is COC(=O)CCNS(=O)(=O)c1cc(NC(C)=O)ccc1OC. The molecule has 0 fully saturated rings. The van der Waals surface area contributed by atoms with Gasteiger partial charge in [0.05, 0.1) is 20.6 Å². The summed E-state index contributed by atoms with van der Waals surface area (Å²) in [6.45, 7) is 1.20. The molecule has 22 heavy (non-hydrogen) atoms. The number of carbonyl (C=O) groups is 2. The van der Waals surface area contributed by atoms with Crippen LogP contribution in [0.2, 0.25) is 0 Å². The van der Waals surface area contributed by atoms with Crippen molar-refractivity contribution in [1.82, 2.24) is 4.72 Å². The monoisotopic (exact) mass is 330 g/mol. The van der Waals surface area contributed by atoms with Gasteiger partial charge in [-0.1, -0.05) is 0 Å². The maximum atomic E-state index is 12.3. The number of esters is 1. The van der Waals surface area contributed by atoms with Crippen LogP contribution >= 0.6 is 0 Å². The molecule has 1 rings (SSSR count). The van der Waals surface area contributed by atoms with Gasteiger partial charge in [-0.3, -0.25) is 9.59 Å². The molecule has 0 aliphatic heterocycles. The van der Waals surface area contributed by atoms with E-state index in [-0.39, 0.29) is 29.5 Å². The van der Waals surface area contributed by atoms with Gasteiger partial charge in [-0.25, -0.2) is 13.1 Å². The van der Waals surface area contributed by atoms with Crippen LogP contribution in [0.3, 0.4) is 0 Å². The maximum Gasteiger partial charge on any atom is 0.306 e. The topological polar surface area (TPSA) is 111 Å². The van der Waals surface area contributed by atoms with Crippen molar-refractivity contribution in [3.63, 3.8) is 0 Å². The van der Waals surface area contributed by atoms with Crippen molar-refractivity contribution < 1.29 is 27.5 Å². The predicted octanol–water partition coefficient (Wildman–Crippen LogP) is 0.495. The number of ether oxygens (including phenoxy) is 2. The first-order valence-electron chi connectivity index (χ1n) is 6.32. The van der Waals surface area contributed by atoms with E-state index in [2.05, 4.69) is 14.8 Å². The van der Waals surface area contributed by atoms with E-state index in [0.29, 0.717) is 5.69 Å². The zero-order valence-electron chi connectivity index (χ0n) is 12.5. The first-order chi connectivity index (χ1) is 10.3. The van der Waals surface area contributed by atoms with Crippen molar-refractivity contribution in [3.8, 4) is 5.75 Å².